The molecule has 0 unspecified atom stereocenters. The maximum absolute atomic E-state index is 12.7. The topological polar surface area (TPSA) is 70.1 Å². The summed E-state index contributed by atoms with van der Waals surface area (Å²) in [6.45, 7) is 2.39. The lowest BCUT2D eigenvalue weighted by atomic mass is 9.97. The first kappa shape index (κ1) is 21.4. The summed E-state index contributed by atoms with van der Waals surface area (Å²) in [5.74, 6) is 1.03. The molecule has 4 heterocycles. The van der Waals surface area contributed by atoms with Gasteiger partial charge in [-0.2, -0.15) is 0 Å². The standard InChI is InChI=1S/C27H28N2O5/c1-31-25-21(8-6-18-4-2-12-28-24(18)25)19-7-9-22-20(16-19)17-33-27(34-22)10-13-29(14-11-27)26(30)23-5-3-15-32-23/h2,4,6-9,12,16,23H,3,5,10-11,13-15,17H2,1H3/t23-/m1/s1. The van der Waals surface area contributed by atoms with E-state index in [0.29, 0.717) is 39.1 Å². The van der Waals surface area contributed by atoms with Crippen molar-refractivity contribution in [2.24, 2.45) is 0 Å². The predicted octanol–water partition coefficient (Wildman–Crippen LogP) is 4.32. The molecule has 7 heteroatoms. The van der Waals surface area contributed by atoms with Gasteiger partial charge < -0.3 is 23.8 Å². The number of hydrogen-bond donors (Lipinski definition) is 0. The average molecular weight is 461 g/mol. The molecule has 3 aliphatic rings. The van der Waals surface area contributed by atoms with E-state index >= 15 is 0 Å². The molecule has 0 aliphatic carbocycles. The van der Waals surface area contributed by atoms with Crippen molar-refractivity contribution in [3.8, 4) is 22.6 Å². The summed E-state index contributed by atoms with van der Waals surface area (Å²) in [7, 11) is 1.68. The third kappa shape index (κ3) is 3.69. The number of carbonyl (C=O) groups is 1. The van der Waals surface area contributed by atoms with E-state index in [-0.39, 0.29) is 12.0 Å². The third-order valence-corrected chi connectivity index (χ3v) is 7.13. The first-order valence-corrected chi connectivity index (χ1v) is 11.9. The first-order valence-electron chi connectivity index (χ1n) is 11.9. The van der Waals surface area contributed by atoms with Gasteiger partial charge in [-0.25, -0.2) is 0 Å². The van der Waals surface area contributed by atoms with Crippen molar-refractivity contribution in [1.82, 2.24) is 9.88 Å². The maximum atomic E-state index is 12.7. The van der Waals surface area contributed by atoms with Crippen LogP contribution in [0, 0.1) is 0 Å². The van der Waals surface area contributed by atoms with Crippen LogP contribution in [0.3, 0.4) is 0 Å². The van der Waals surface area contributed by atoms with Crippen LogP contribution in [0.15, 0.2) is 48.7 Å². The molecule has 6 rings (SSSR count). The Bertz CT molecular complexity index is 1230. The van der Waals surface area contributed by atoms with E-state index in [0.717, 1.165) is 51.9 Å². The van der Waals surface area contributed by atoms with Crippen molar-refractivity contribution >= 4 is 16.8 Å². The molecule has 3 aromatic rings. The van der Waals surface area contributed by atoms with Crippen LogP contribution in [-0.2, 0) is 20.9 Å². The van der Waals surface area contributed by atoms with Gasteiger partial charge in [-0.05, 0) is 42.7 Å². The number of aromatic nitrogens is 1. The number of carbonyl (C=O) groups excluding carboxylic acids is 1. The lowest BCUT2D eigenvalue weighted by Crippen LogP contribution is -2.54. The predicted molar refractivity (Wildman–Crippen MR) is 127 cm³/mol. The number of piperidine rings is 1. The van der Waals surface area contributed by atoms with E-state index < -0.39 is 5.79 Å². The lowest BCUT2D eigenvalue weighted by Gasteiger charge is -2.44. The Morgan fingerprint density at radius 2 is 2.06 bits per heavy atom. The number of hydrogen-bond acceptors (Lipinski definition) is 6. The van der Waals surface area contributed by atoms with Crippen LogP contribution in [0.2, 0.25) is 0 Å². The Hall–Kier alpha value is -3.16. The number of pyridine rings is 1. The molecular formula is C27H28N2O5. The smallest absolute Gasteiger partial charge is 0.251 e. The molecule has 2 saturated heterocycles. The number of benzene rings is 2. The number of likely N-dealkylation sites (tertiary alicyclic amines) is 1. The van der Waals surface area contributed by atoms with Crippen LogP contribution in [0.5, 0.6) is 11.5 Å². The van der Waals surface area contributed by atoms with Crippen LogP contribution in [-0.4, -0.2) is 54.5 Å². The number of rotatable bonds is 3. The fourth-order valence-electron chi connectivity index (χ4n) is 5.24. The number of amides is 1. The molecule has 1 aromatic heterocycles. The number of ether oxygens (including phenoxy) is 4. The first-order chi connectivity index (χ1) is 16.7. The second kappa shape index (κ2) is 8.56. The minimum absolute atomic E-state index is 0.104. The van der Waals surface area contributed by atoms with E-state index in [1.165, 1.54) is 0 Å². The van der Waals surface area contributed by atoms with E-state index in [1.54, 1.807) is 13.3 Å². The Morgan fingerprint density at radius 1 is 1.18 bits per heavy atom. The lowest BCUT2D eigenvalue weighted by molar-refractivity contribution is -0.228. The van der Waals surface area contributed by atoms with Gasteiger partial charge in [-0.1, -0.05) is 18.2 Å². The Morgan fingerprint density at radius 3 is 2.85 bits per heavy atom. The number of nitrogens with zero attached hydrogens (tertiary/aromatic N) is 2. The summed E-state index contributed by atoms with van der Waals surface area (Å²) in [6.07, 6.45) is 4.58. The second-order valence-corrected chi connectivity index (χ2v) is 9.17. The Kier molecular flexibility index (Phi) is 5.38. The highest BCUT2D eigenvalue weighted by atomic mass is 16.7. The molecular weight excluding hydrogens is 432 g/mol. The second-order valence-electron chi connectivity index (χ2n) is 9.17. The van der Waals surface area contributed by atoms with Crippen LogP contribution in [0.1, 0.15) is 31.2 Å². The summed E-state index contributed by atoms with van der Waals surface area (Å²) >= 11 is 0. The molecule has 1 amide bonds. The molecule has 176 valence electrons. The van der Waals surface area contributed by atoms with Crippen molar-refractivity contribution in [3.63, 3.8) is 0 Å². The van der Waals surface area contributed by atoms with Gasteiger partial charge in [0.25, 0.3) is 5.91 Å². The molecule has 0 radical (unpaired) electrons. The van der Waals surface area contributed by atoms with Crippen LogP contribution in [0.25, 0.3) is 22.0 Å². The molecule has 2 fully saturated rings. The zero-order valence-corrected chi connectivity index (χ0v) is 19.3. The SMILES string of the molecule is COc1c(-c2ccc3c(c2)COC2(CCN(C(=O)[C@H]4CCCO4)CC2)O3)ccc2cccnc12. The molecule has 34 heavy (non-hydrogen) atoms. The van der Waals surface area contributed by atoms with Gasteiger partial charge in [0.2, 0.25) is 5.79 Å². The normalized spacial score (nSPS) is 21.3. The van der Waals surface area contributed by atoms with E-state index in [9.17, 15) is 4.79 Å². The number of fused-ring (bicyclic) bond motifs is 2. The molecule has 1 spiro atoms. The third-order valence-electron chi connectivity index (χ3n) is 7.13. The van der Waals surface area contributed by atoms with Gasteiger partial charge in [0.15, 0.2) is 5.75 Å². The van der Waals surface area contributed by atoms with Gasteiger partial charge in [0.05, 0.1) is 13.7 Å². The van der Waals surface area contributed by atoms with Crippen LogP contribution >= 0.6 is 0 Å². The summed E-state index contributed by atoms with van der Waals surface area (Å²) in [5, 5.41) is 1.04. The van der Waals surface area contributed by atoms with Crippen LogP contribution in [0.4, 0.5) is 0 Å². The van der Waals surface area contributed by atoms with E-state index in [4.69, 9.17) is 18.9 Å². The van der Waals surface area contributed by atoms with Crippen molar-refractivity contribution in [3.05, 3.63) is 54.2 Å². The van der Waals surface area contributed by atoms with E-state index in [2.05, 4.69) is 29.2 Å². The summed E-state index contributed by atoms with van der Waals surface area (Å²) < 4.78 is 24.0. The fraction of sp³-hybridized carbons (Fsp3) is 0.407. The molecule has 0 bridgehead atoms. The average Bonchev–Trinajstić information content (AvgIpc) is 3.43. The molecule has 7 nitrogen and oxygen atoms in total. The molecule has 1 atom stereocenters. The van der Waals surface area contributed by atoms with Crippen molar-refractivity contribution < 1.29 is 23.7 Å². The summed E-state index contributed by atoms with van der Waals surface area (Å²) in [4.78, 5) is 19.1. The highest BCUT2D eigenvalue weighted by molar-refractivity contribution is 5.92. The minimum Gasteiger partial charge on any atom is -0.494 e. The Labute approximate surface area is 198 Å². The van der Waals surface area contributed by atoms with Crippen molar-refractivity contribution in [2.45, 2.75) is 44.2 Å². The zero-order chi connectivity index (χ0) is 23.1. The van der Waals surface area contributed by atoms with Gasteiger partial charge in [-0.3, -0.25) is 9.78 Å². The van der Waals surface area contributed by atoms with Gasteiger partial charge in [-0.15, -0.1) is 0 Å². The highest BCUT2D eigenvalue weighted by Gasteiger charge is 2.43. The van der Waals surface area contributed by atoms with Gasteiger partial charge in [0.1, 0.15) is 17.4 Å². The molecule has 2 aromatic carbocycles. The summed E-state index contributed by atoms with van der Waals surface area (Å²) in [6, 6.07) is 14.3. The van der Waals surface area contributed by atoms with Crippen LogP contribution < -0.4 is 9.47 Å². The van der Waals surface area contributed by atoms with Crippen molar-refractivity contribution in [2.75, 3.05) is 26.8 Å². The molecule has 0 N–H and O–H groups in total. The Balaban J connectivity index is 1.20. The quantitative estimate of drug-likeness (QED) is 0.580. The monoisotopic (exact) mass is 460 g/mol. The van der Waals surface area contributed by atoms with Gasteiger partial charge in [0, 0.05) is 55.2 Å². The zero-order valence-electron chi connectivity index (χ0n) is 19.3. The van der Waals surface area contributed by atoms with Gasteiger partial charge >= 0.3 is 0 Å². The fourth-order valence-corrected chi connectivity index (χ4v) is 5.24. The molecule has 3 aliphatic heterocycles. The minimum atomic E-state index is -0.674. The number of methoxy groups -OCH3 is 1. The molecule has 0 saturated carbocycles. The summed E-state index contributed by atoms with van der Waals surface area (Å²) in [5.41, 5.74) is 3.86. The highest BCUT2D eigenvalue weighted by Crippen LogP contribution is 2.42. The van der Waals surface area contributed by atoms with E-state index in [1.807, 2.05) is 23.1 Å². The van der Waals surface area contributed by atoms with Crippen molar-refractivity contribution in [1.29, 1.82) is 0 Å². The largest absolute Gasteiger partial charge is 0.494 e. The maximum Gasteiger partial charge on any atom is 0.251 e.